The fraction of sp³-hybridized carbons (Fsp3) is 0.933. The lowest BCUT2D eigenvalue weighted by atomic mass is 9.87. The highest BCUT2D eigenvalue weighted by atomic mass is 16.5. The molecule has 0 aromatic heterocycles. The highest BCUT2D eigenvalue weighted by Crippen LogP contribution is 2.48. The Morgan fingerprint density at radius 1 is 1.42 bits per heavy atom. The van der Waals surface area contributed by atoms with Crippen molar-refractivity contribution in [1.29, 1.82) is 0 Å². The lowest BCUT2D eigenvalue weighted by Gasteiger charge is -2.23. The Balaban J connectivity index is 2.21. The third kappa shape index (κ3) is 6.92. The van der Waals surface area contributed by atoms with E-state index < -0.39 is 0 Å². The first-order chi connectivity index (χ1) is 8.76. The summed E-state index contributed by atoms with van der Waals surface area (Å²) in [6.07, 6.45) is 4.74. The van der Waals surface area contributed by atoms with E-state index in [0.717, 1.165) is 26.0 Å². The van der Waals surface area contributed by atoms with Crippen LogP contribution in [-0.2, 0) is 9.53 Å². The first kappa shape index (κ1) is 16.4. The summed E-state index contributed by atoms with van der Waals surface area (Å²) in [7, 11) is 1.72. The number of rotatable bonds is 8. The van der Waals surface area contributed by atoms with Crippen LogP contribution in [0.3, 0.4) is 0 Å². The number of carbonyl (C=O) groups is 1. The fourth-order valence-electron chi connectivity index (χ4n) is 2.47. The van der Waals surface area contributed by atoms with Crippen molar-refractivity contribution in [3.63, 3.8) is 0 Å². The Labute approximate surface area is 117 Å². The first-order valence-electron chi connectivity index (χ1n) is 7.28. The smallest absolute Gasteiger partial charge is 0.221 e. The molecular weight excluding hydrogens is 240 g/mol. The van der Waals surface area contributed by atoms with Crippen LogP contribution in [0.4, 0.5) is 0 Å². The Morgan fingerprint density at radius 2 is 2.05 bits per heavy atom. The van der Waals surface area contributed by atoms with E-state index in [4.69, 9.17) is 10.5 Å². The number of carbonyl (C=O) groups excluding carboxylic acids is 1. The van der Waals surface area contributed by atoms with Crippen LogP contribution in [0.15, 0.2) is 0 Å². The highest BCUT2D eigenvalue weighted by molar-refractivity contribution is 5.76. The zero-order chi connectivity index (χ0) is 14.5. The van der Waals surface area contributed by atoms with E-state index >= 15 is 0 Å². The van der Waals surface area contributed by atoms with E-state index in [9.17, 15) is 4.79 Å². The number of ether oxygens (including phenoxy) is 1. The standard InChI is InChI=1S/C15H30N2O2/c1-14(2,3)10-12(16)9-13(18)17-11-15(5-6-15)7-8-19-4/h12H,5-11,16H2,1-4H3,(H,17,18). The molecule has 1 aliphatic carbocycles. The molecule has 1 saturated carbocycles. The normalized spacial score (nSPS) is 19.0. The molecule has 4 heteroatoms. The van der Waals surface area contributed by atoms with Gasteiger partial charge in [0, 0.05) is 32.7 Å². The number of nitrogens with one attached hydrogen (secondary N) is 1. The van der Waals surface area contributed by atoms with Crippen molar-refractivity contribution in [2.45, 2.75) is 58.9 Å². The Hall–Kier alpha value is -0.610. The van der Waals surface area contributed by atoms with Gasteiger partial charge in [0.25, 0.3) is 0 Å². The second kappa shape index (κ2) is 6.71. The molecule has 1 amide bonds. The minimum Gasteiger partial charge on any atom is -0.385 e. The van der Waals surface area contributed by atoms with Gasteiger partial charge in [-0.15, -0.1) is 0 Å². The van der Waals surface area contributed by atoms with E-state index in [1.165, 1.54) is 12.8 Å². The highest BCUT2D eigenvalue weighted by Gasteiger charge is 2.42. The zero-order valence-electron chi connectivity index (χ0n) is 12.9. The van der Waals surface area contributed by atoms with Crippen LogP contribution in [0.2, 0.25) is 0 Å². The van der Waals surface area contributed by atoms with Gasteiger partial charge in [-0.2, -0.15) is 0 Å². The molecule has 1 atom stereocenters. The molecule has 0 aliphatic heterocycles. The van der Waals surface area contributed by atoms with Crippen LogP contribution in [0.25, 0.3) is 0 Å². The Bertz CT molecular complexity index is 293. The molecular formula is C15H30N2O2. The predicted octanol–water partition coefficient (Wildman–Crippen LogP) is 2.07. The van der Waals surface area contributed by atoms with Gasteiger partial charge in [-0.3, -0.25) is 4.79 Å². The number of amides is 1. The SMILES string of the molecule is COCCC1(CNC(=O)CC(N)CC(C)(C)C)CC1. The molecule has 1 rings (SSSR count). The number of nitrogens with two attached hydrogens (primary N) is 1. The molecule has 0 saturated heterocycles. The minimum absolute atomic E-state index is 0.0471. The van der Waals surface area contributed by atoms with Crippen molar-refractivity contribution >= 4 is 5.91 Å². The van der Waals surface area contributed by atoms with Gasteiger partial charge in [0.05, 0.1) is 0 Å². The molecule has 1 fully saturated rings. The molecule has 0 spiro atoms. The minimum atomic E-state index is -0.0471. The summed E-state index contributed by atoms with van der Waals surface area (Å²) in [4.78, 5) is 11.9. The van der Waals surface area contributed by atoms with Gasteiger partial charge in [0.2, 0.25) is 5.91 Å². The number of hydrogen-bond acceptors (Lipinski definition) is 3. The maximum atomic E-state index is 11.9. The summed E-state index contributed by atoms with van der Waals surface area (Å²) in [6.45, 7) is 7.99. The topological polar surface area (TPSA) is 64.3 Å². The monoisotopic (exact) mass is 270 g/mol. The van der Waals surface area contributed by atoms with E-state index in [1.54, 1.807) is 7.11 Å². The van der Waals surface area contributed by atoms with Gasteiger partial charge in [-0.25, -0.2) is 0 Å². The van der Waals surface area contributed by atoms with Crippen molar-refractivity contribution in [3.05, 3.63) is 0 Å². The summed E-state index contributed by atoms with van der Waals surface area (Å²) in [6, 6.07) is -0.0471. The van der Waals surface area contributed by atoms with Crippen LogP contribution in [0.1, 0.15) is 52.9 Å². The molecule has 4 nitrogen and oxygen atoms in total. The molecule has 0 heterocycles. The number of hydrogen-bond donors (Lipinski definition) is 2. The maximum Gasteiger partial charge on any atom is 0.221 e. The Morgan fingerprint density at radius 3 is 2.53 bits per heavy atom. The molecule has 112 valence electrons. The van der Waals surface area contributed by atoms with Gasteiger partial charge in [-0.05, 0) is 36.5 Å². The summed E-state index contributed by atoms with van der Waals surface area (Å²) in [5.41, 5.74) is 6.50. The largest absolute Gasteiger partial charge is 0.385 e. The van der Waals surface area contributed by atoms with E-state index in [-0.39, 0.29) is 17.4 Å². The molecule has 0 aromatic carbocycles. The van der Waals surface area contributed by atoms with Crippen LogP contribution >= 0.6 is 0 Å². The second-order valence-electron chi connectivity index (χ2n) is 7.25. The van der Waals surface area contributed by atoms with Gasteiger partial charge in [0.1, 0.15) is 0 Å². The molecule has 1 aliphatic rings. The fourth-order valence-corrected chi connectivity index (χ4v) is 2.47. The van der Waals surface area contributed by atoms with Crippen LogP contribution in [-0.4, -0.2) is 32.2 Å². The quantitative estimate of drug-likeness (QED) is 0.709. The lowest BCUT2D eigenvalue weighted by Crippen LogP contribution is -2.36. The molecule has 3 N–H and O–H groups in total. The van der Waals surface area contributed by atoms with E-state index in [0.29, 0.717) is 11.8 Å². The van der Waals surface area contributed by atoms with Crippen LogP contribution in [0, 0.1) is 10.8 Å². The summed E-state index contributed by atoms with van der Waals surface area (Å²) in [5.74, 6) is 0.0837. The van der Waals surface area contributed by atoms with Crippen molar-refractivity contribution in [3.8, 4) is 0 Å². The van der Waals surface area contributed by atoms with Gasteiger partial charge in [-0.1, -0.05) is 20.8 Å². The molecule has 1 unspecified atom stereocenters. The van der Waals surface area contributed by atoms with Crippen molar-refractivity contribution in [2.24, 2.45) is 16.6 Å². The third-order valence-corrected chi connectivity index (χ3v) is 3.78. The molecule has 19 heavy (non-hydrogen) atoms. The molecule has 0 radical (unpaired) electrons. The average molecular weight is 270 g/mol. The summed E-state index contributed by atoms with van der Waals surface area (Å²) < 4.78 is 5.11. The van der Waals surface area contributed by atoms with Gasteiger partial charge < -0.3 is 15.8 Å². The van der Waals surface area contributed by atoms with Crippen molar-refractivity contribution < 1.29 is 9.53 Å². The van der Waals surface area contributed by atoms with E-state index in [2.05, 4.69) is 26.1 Å². The van der Waals surface area contributed by atoms with Crippen molar-refractivity contribution in [2.75, 3.05) is 20.3 Å². The van der Waals surface area contributed by atoms with Crippen molar-refractivity contribution in [1.82, 2.24) is 5.32 Å². The average Bonchev–Trinajstić information content (AvgIpc) is 3.02. The second-order valence-corrected chi connectivity index (χ2v) is 7.25. The maximum absolute atomic E-state index is 11.9. The van der Waals surface area contributed by atoms with Gasteiger partial charge in [0.15, 0.2) is 0 Å². The predicted molar refractivity (Wildman–Crippen MR) is 77.8 cm³/mol. The zero-order valence-corrected chi connectivity index (χ0v) is 12.9. The summed E-state index contributed by atoms with van der Waals surface area (Å²) in [5, 5.41) is 3.04. The lowest BCUT2D eigenvalue weighted by molar-refractivity contribution is -0.121. The van der Waals surface area contributed by atoms with E-state index in [1.807, 2.05) is 0 Å². The molecule has 0 aromatic rings. The van der Waals surface area contributed by atoms with Crippen LogP contribution in [0.5, 0.6) is 0 Å². The number of methoxy groups -OCH3 is 1. The van der Waals surface area contributed by atoms with Crippen LogP contribution < -0.4 is 11.1 Å². The first-order valence-corrected chi connectivity index (χ1v) is 7.28. The summed E-state index contributed by atoms with van der Waals surface area (Å²) >= 11 is 0. The van der Waals surface area contributed by atoms with Gasteiger partial charge >= 0.3 is 0 Å². The third-order valence-electron chi connectivity index (χ3n) is 3.78. The molecule has 0 bridgehead atoms. The Kier molecular flexibility index (Phi) is 5.81.